The summed E-state index contributed by atoms with van der Waals surface area (Å²) in [4.78, 5) is 14.3. The van der Waals surface area contributed by atoms with Crippen LogP contribution in [0.4, 0.5) is 0 Å². The number of likely N-dealkylation sites (N-methyl/N-ethyl adjacent to an activating group) is 1. The van der Waals surface area contributed by atoms with Crippen LogP contribution in [0.15, 0.2) is 24.3 Å². The highest BCUT2D eigenvalue weighted by molar-refractivity contribution is 5.94. The van der Waals surface area contributed by atoms with Crippen molar-refractivity contribution in [2.75, 3.05) is 26.8 Å². The summed E-state index contributed by atoms with van der Waals surface area (Å²) in [5.41, 5.74) is 7.37. The van der Waals surface area contributed by atoms with Gasteiger partial charge < -0.3 is 15.4 Å². The minimum Gasteiger partial charge on any atom is -0.383 e. The molecule has 0 saturated carbocycles. The van der Waals surface area contributed by atoms with Crippen molar-refractivity contribution >= 4 is 5.91 Å². The van der Waals surface area contributed by atoms with E-state index in [1.165, 1.54) is 0 Å². The Bertz CT molecular complexity index is 407. The Morgan fingerprint density at radius 2 is 2.21 bits per heavy atom. The predicted molar refractivity (Wildman–Crippen MR) is 77.2 cm³/mol. The zero-order valence-corrected chi connectivity index (χ0v) is 12.1. The van der Waals surface area contributed by atoms with E-state index in [0.29, 0.717) is 19.7 Å². The lowest BCUT2D eigenvalue weighted by Gasteiger charge is -2.27. The third kappa shape index (κ3) is 4.33. The van der Waals surface area contributed by atoms with Crippen molar-refractivity contribution in [1.29, 1.82) is 0 Å². The first kappa shape index (κ1) is 15.7. The Labute approximate surface area is 115 Å². The molecule has 0 aromatic heterocycles. The van der Waals surface area contributed by atoms with Crippen molar-refractivity contribution < 1.29 is 9.53 Å². The van der Waals surface area contributed by atoms with Gasteiger partial charge in [0.25, 0.3) is 5.91 Å². The molecule has 4 heteroatoms. The number of ether oxygens (including phenoxy) is 1. The number of carbonyl (C=O) groups is 1. The highest BCUT2D eigenvalue weighted by atomic mass is 16.5. The van der Waals surface area contributed by atoms with Gasteiger partial charge in [-0.05, 0) is 44.5 Å². The average Bonchev–Trinajstić information content (AvgIpc) is 2.40. The lowest BCUT2D eigenvalue weighted by molar-refractivity contribution is 0.0579. The second-order valence-corrected chi connectivity index (χ2v) is 4.63. The van der Waals surface area contributed by atoms with Gasteiger partial charge in [-0.25, -0.2) is 0 Å². The zero-order chi connectivity index (χ0) is 14.3. The second-order valence-electron chi connectivity index (χ2n) is 4.63. The maximum Gasteiger partial charge on any atom is 0.254 e. The van der Waals surface area contributed by atoms with E-state index in [2.05, 4.69) is 0 Å². The number of hydrogen-bond donors (Lipinski definition) is 1. The van der Waals surface area contributed by atoms with Crippen molar-refractivity contribution in [2.45, 2.75) is 26.3 Å². The molecule has 4 nitrogen and oxygen atoms in total. The molecule has 106 valence electrons. The van der Waals surface area contributed by atoms with E-state index in [1.54, 1.807) is 7.11 Å². The van der Waals surface area contributed by atoms with Crippen LogP contribution in [0.3, 0.4) is 0 Å². The summed E-state index contributed by atoms with van der Waals surface area (Å²) >= 11 is 0. The molecule has 0 spiro atoms. The van der Waals surface area contributed by atoms with Crippen molar-refractivity contribution in [3.05, 3.63) is 35.4 Å². The summed E-state index contributed by atoms with van der Waals surface area (Å²) < 4.78 is 5.12. The van der Waals surface area contributed by atoms with E-state index in [4.69, 9.17) is 10.5 Å². The van der Waals surface area contributed by atoms with E-state index in [0.717, 1.165) is 17.5 Å². The standard InChI is InChI=1S/C15H24N2O2/c1-4-17(12(2)11-19-3)15(18)14-7-5-6-13(10-14)8-9-16/h5-7,10,12H,4,8-9,11,16H2,1-3H3. The van der Waals surface area contributed by atoms with Gasteiger partial charge in [-0.15, -0.1) is 0 Å². The lowest BCUT2D eigenvalue weighted by atomic mass is 10.1. The van der Waals surface area contributed by atoms with Gasteiger partial charge in [0.1, 0.15) is 0 Å². The minimum atomic E-state index is 0.0471. The van der Waals surface area contributed by atoms with E-state index in [9.17, 15) is 4.79 Å². The summed E-state index contributed by atoms with van der Waals surface area (Å²) in [5, 5.41) is 0. The summed E-state index contributed by atoms with van der Waals surface area (Å²) in [5.74, 6) is 0.0471. The van der Waals surface area contributed by atoms with Crippen LogP contribution in [0.1, 0.15) is 29.8 Å². The van der Waals surface area contributed by atoms with Gasteiger partial charge in [-0.3, -0.25) is 4.79 Å². The van der Waals surface area contributed by atoms with Gasteiger partial charge in [-0.1, -0.05) is 12.1 Å². The van der Waals surface area contributed by atoms with Crippen LogP contribution in [0, 0.1) is 0 Å². The maximum absolute atomic E-state index is 12.5. The van der Waals surface area contributed by atoms with Crippen LogP contribution in [-0.4, -0.2) is 43.7 Å². The molecule has 0 aliphatic carbocycles. The molecule has 1 aromatic rings. The Morgan fingerprint density at radius 1 is 1.47 bits per heavy atom. The molecule has 0 saturated heterocycles. The third-order valence-corrected chi connectivity index (χ3v) is 3.15. The highest BCUT2D eigenvalue weighted by Crippen LogP contribution is 2.11. The summed E-state index contributed by atoms with van der Waals surface area (Å²) in [6.07, 6.45) is 0.793. The molecule has 2 N–H and O–H groups in total. The van der Waals surface area contributed by atoms with Gasteiger partial charge in [0, 0.05) is 19.2 Å². The Kier molecular flexibility index (Phi) is 6.53. The number of hydrogen-bond acceptors (Lipinski definition) is 3. The van der Waals surface area contributed by atoms with E-state index in [1.807, 2.05) is 43.0 Å². The van der Waals surface area contributed by atoms with Gasteiger partial charge in [0.2, 0.25) is 0 Å². The Hall–Kier alpha value is -1.39. The Balaban J connectivity index is 2.87. The van der Waals surface area contributed by atoms with Crippen molar-refractivity contribution in [3.63, 3.8) is 0 Å². The summed E-state index contributed by atoms with van der Waals surface area (Å²) in [6, 6.07) is 7.76. The van der Waals surface area contributed by atoms with Crippen molar-refractivity contribution in [1.82, 2.24) is 4.90 Å². The van der Waals surface area contributed by atoms with Crippen LogP contribution in [0.2, 0.25) is 0 Å². The van der Waals surface area contributed by atoms with Gasteiger partial charge in [-0.2, -0.15) is 0 Å². The van der Waals surface area contributed by atoms with Crippen LogP contribution in [-0.2, 0) is 11.2 Å². The molecule has 0 radical (unpaired) electrons. The molecule has 19 heavy (non-hydrogen) atoms. The molecule has 1 amide bonds. The topological polar surface area (TPSA) is 55.6 Å². The fourth-order valence-electron chi connectivity index (χ4n) is 2.18. The van der Waals surface area contributed by atoms with Crippen LogP contribution in [0.25, 0.3) is 0 Å². The van der Waals surface area contributed by atoms with Gasteiger partial charge >= 0.3 is 0 Å². The minimum absolute atomic E-state index is 0.0471. The zero-order valence-electron chi connectivity index (χ0n) is 12.1. The van der Waals surface area contributed by atoms with E-state index in [-0.39, 0.29) is 11.9 Å². The molecular weight excluding hydrogens is 240 g/mol. The van der Waals surface area contributed by atoms with Gasteiger partial charge in [0.15, 0.2) is 0 Å². The number of benzene rings is 1. The molecule has 0 fully saturated rings. The largest absolute Gasteiger partial charge is 0.383 e. The fraction of sp³-hybridized carbons (Fsp3) is 0.533. The molecule has 1 aromatic carbocycles. The van der Waals surface area contributed by atoms with Crippen LogP contribution >= 0.6 is 0 Å². The second kappa shape index (κ2) is 7.92. The van der Waals surface area contributed by atoms with Crippen molar-refractivity contribution in [2.24, 2.45) is 5.73 Å². The Morgan fingerprint density at radius 3 is 2.79 bits per heavy atom. The van der Waals surface area contributed by atoms with Crippen LogP contribution < -0.4 is 5.73 Å². The van der Waals surface area contributed by atoms with Crippen molar-refractivity contribution in [3.8, 4) is 0 Å². The number of amides is 1. The highest BCUT2D eigenvalue weighted by Gasteiger charge is 2.19. The van der Waals surface area contributed by atoms with Crippen LogP contribution in [0.5, 0.6) is 0 Å². The summed E-state index contributed by atoms with van der Waals surface area (Å²) in [7, 11) is 1.65. The number of methoxy groups -OCH3 is 1. The first-order valence-electron chi connectivity index (χ1n) is 6.72. The molecule has 0 heterocycles. The maximum atomic E-state index is 12.5. The number of rotatable bonds is 7. The monoisotopic (exact) mass is 264 g/mol. The normalized spacial score (nSPS) is 12.2. The fourth-order valence-corrected chi connectivity index (χ4v) is 2.18. The molecule has 1 rings (SSSR count). The smallest absolute Gasteiger partial charge is 0.254 e. The predicted octanol–water partition coefficient (Wildman–Crippen LogP) is 1.68. The molecular formula is C15H24N2O2. The third-order valence-electron chi connectivity index (χ3n) is 3.15. The molecule has 0 aliphatic heterocycles. The first-order valence-corrected chi connectivity index (χ1v) is 6.72. The number of carbonyl (C=O) groups excluding carboxylic acids is 1. The quantitative estimate of drug-likeness (QED) is 0.815. The summed E-state index contributed by atoms with van der Waals surface area (Å²) in [6.45, 7) is 5.78. The van der Waals surface area contributed by atoms with E-state index < -0.39 is 0 Å². The average molecular weight is 264 g/mol. The SMILES string of the molecule is CCN(C(=O)c1cccc(CCN)c1)C(C)COC. The lowest BCUT2D eigenvalue weighted by Crippen LogP contribution is -2.40. The van der Waals surface area contributed by atoms with E-state index >= 15 is 0 Å². The molecule has 0 aliphatic rings. The molecule has 0 bridgehead atoms. The molecule has 1 atom stereocenters. The first-order chi connectivity index (χ1) is 9.13. The number of nitrogens with zero attached hydrogens (tertiary/aromatic N) is 1. The molecule has 1 unspecified atom stereocenters. The number of nitrogens with two attached hydrogens (primary N) is 1. The van der Waals surface area contributed by atoms with Gasteiger partial charge in [0.05, 0.1) is 12.6 Å².